The van der Waals surface area contributed by atoms with Gasteiger partial charge in [0.05, 0.1) is 31.6 Å². The molecule has 0 spiro atoms. The number of likely N-dealkylation sites (N-methyl/N-ethyl adjacent to an activating group) is 7. The lowest BCUT2D eigenvalue weighted by Gasteiger charge is -2.37. The number of likely N-dealkylation sites (tertiary alicyclic amines) is 1. The highest BCUT2D eigenvalue weighted by atomic mass is 35.5. The van der Waals surface area contributed by atoms with Crippen LogP contribution in [0.4, 0.5) is 13.2 Å². The highest BCUT2D eigenvalue weighted by Crippen LogP contribution is 2.30. The van der Waals surface area contributed by atoms with E-state index in [0.29, 0.717) is 54.1 Å². The monoisotopic (exact) mass is 1400 g/mol. The minimum absolute atomic E-state index is 0.0174. The van der Waals surface area contributed by atoms with Gasteiger partial charge in [0.25, 0.3) is 0 Å². The fourth-order valence-electron chi connectivity index (χ4n) is 11.8. The molecule has 3 aromatic rings. The van der Waals surface area contributed by atoms with Gasteiger partial charge in [-0.15, -0.1) is 0 Å². The molecule has 12 amide bonds. The maximum Gasteiger partial charge on any atom is 0.416 e. The summed E-state index contributed by atoms with van der Waals surface area (Å²) in [4.78, 5) is 185. The van der Waals surface area contributed by atoms with Crippen LogP contribution in [0.25, 0.3) is 0 Å². The van der Waals surface area contributed by atoms with Crippen molar-refractivity contribution in [2.75, 3.05) is 82.1 Å². The van der Waals surface area contributed by atoms with E-state index >= 15 is 14.4 Å². The second-order valence-electron chi connectivity index (χ2n) is 27.1. The van der Waals surface area contributed by atoms with E-state index in [0.717, 1.165) is 36.6 Å². The van der Waals surface area contributed by atoms with Crippen LogP contribution >= 0.6 is 11.6 Å². The lowest BCUT2D eigenvalue weighted by molar-refractivity contribution is -0.150. The van der Waals surface area contributed by atoms with Crippen LogP contribution in [-0.2, 0) is 83.0 Å². The smallest absolute Gasteiger partial charge is 0.343 e. The molecule has 24 nitrogen and oxygen atoms in total. The van der Waals surface area contributed by atoms with E-state index in [9.17, 15) is 56.3 Å². The average molecular weight is 1410 g/mol. The minimum Gasteiger partial charge on any atom is -0.343 e. The van der Waals surface area contributed by atoms with Crippen LogP contribution in [0.3, 0.4) is 0 Å². The van der Waals surface area contributed by atoms with Gasteiger partial charge >= 0.3 is 6.18 Å². The summed E-state index contributed by atoms with van der Waals surface area (Å²) in [6.07, 6.45) is -4.11. The Morgan fingerprint density at radius 3 is 1.64 bits per heavy atom. The Labute approximate surface area is 584 Å². The molecule has 0 bridgehead atoms. The maximum absolute atomic E-state index is 15.5. The molecule has 99 heavy (non-hydrogen) atoms. The Balaban J connectivity index is 1.64. The Kier molecular flexibility index (Phi) is 30.3. The van der Waals surface area contributed by atoms with Crippen molar-refractivity contribution in [1.82, 2.24) is 60.5 Å². The first-order valence-electron chi connectivity index (χ1n) is 33.7. The van der Waals surface area contributed by atoms with Gasteiger partial charge < -0.3 is 60.5 Å². The zero-order valence-corrected chi connectivity index (χ0v) is 60.2. The summed E-state index contributed by atoms with van der Waals surface area (Å²) >= 11 is 6.22. The second kappa shape index (κ2) is 37.0. The van der Waals surface area contributed by atoms with Gasteiger partial charge in [-0.2, -0.15) is 13.2 Å². The summed E-state index contributed by atoms with van der Waals surface area (Å²) in [6, 6.07) is 8.45. The lowest BCUT2D eigenvalue weighted by atomic mass is 9.97. The highest BCUT2D eigenvalue weighted by Gasteiger charge is 2.42. The van der Waals surface area contributed by atoms with Gasteiger partial charge in [-0.1, -0.05) is 114 Å². The third-order valence-corrected chi connectivity index (χ3v) is 18.7. The number of carbonyl (C=O) groups is 12. The number of hydrogen-bond donors (Lipinski definition) is 4. The Hall–Kier alpha value is -8.62. The van der Waals surface area contributed by atoms with Crippen LogP contribution in [0, 0.1) is 17.8 Å². The lowest BCUT2D eigenvalue weighted by Crippen LogP contribution is -2.61. The van der Waals surface area contributed by atoms with E-state index in [-0.39, 0.29) is 50.4 Å². The number of amides is 12. The number of hydrogen-bond acceptors (Lipinski definition) is 12. The largest absolute Gasteiger partial charge is 0.416 e. The predicted octanol–water partition coefficient (Wildman–Crippen LogP) is 4.58. The second-order valence-corrected chi connectivity index (χ2v) is 27.6. The van der Waals surface area contributed by atoms with E-state index in [2.05, 4.69) is 21.3 Å². The molecule has 2 aliphatic heterocycles. The molecule has 28 heteroatoms. The van der Waals surface area contributed by atoms with Crippen molar-refractivity contribution < 1.29 is 70.7 Å². The van der Waals surface area contributed by atoms with Crippen LogP contribution in [0.5, 0.6) is 0 Å². The van der Waals surface area contributed by atoms with E-state index in [1.807, 2.05) is 13.8 Å². The van der Waals surface area contributed by atoms with Crippen LogP contribution in [0.1, 0.15) is 116 Å². The van der Waals surface area contributed by atoms with Gasteiger partial charge in [0, 0.05) is 80.3 Å². The van der Waals surface area contributed by atoms with E-state index in [1.54, 1.807) is 82.3 Å². The number of nitrogens with one attached hydrogen (secondary N) is 4. The molecule has 9 atom stereocenters. The maximum atomic E-state index is 15.5. The molecule has 0 unspecified atom stereocenters. The van der Waals surface area contributed by atoms with Gasteiger partial charge in [-0.05, 0) is 104 Å². The van der Waals surface area contributed by atoms with Gasteiger partial charge in [-0.3, -0.25) is 57.5 Å². The Morgan fingerprint density at radius 1 is 0.535 bits per heavy atom. The molecular weight excluding hydrogens is 1310 g/mol. The standard InChI is InChI=1S/C71H100ClF3N12O12/c1-15-45(6)62-70(99)82(10)41-60(90)80(8)42-61(91)84(12)56(38-49-25-30-51(72)31-26-49)68(97)81(9)40-58(88)76-52(32-27-47-23-28-50(29-24-47)71(73,74)75)64(93)77-53(35-43(2)3)66(95)86(14)57(37-48-21-17-16-18-22-48)69(98)85(13)55(36-44(4)5)65(94)78-54(67(96)87-33-19-20-34-87)39-59(89)83(11)46(7)63(92)79-62/h16-18,21-26,28-31,43-46,52-57,62H,15,19-20,27,32-42H2,1-14H3,(H,76,88)(H,77,93)(H,78,94)(H,79,92)/t45-,46-,52-,53-,54-,55-,56-,57-,62-/m0/s1. The fourth-order valence-corrected chi connectivity index (χ4v) is 12.0. The molecule has 0 saturated carbocycles. The summed E-state index contributed by atoms with van der Waals surface area (Å²) < 4.78 is 41.1. The average Bonchev–Trinajstić information content (AvgIpc) is 1.45. The SMILES string of the molecule is CC[C@H](C)[C@@H]1NC(=O)[C@H](C)N(C)C(=O)C[C@@H](C(=O)N2CCCC2)NC(=O)[C@H](CC(C)C)N(C)C(=O)[C@H](Cc2ccccc2)N(C)C(=O)[C@H](CC(C)C)NC(=O)[C@H](CCc2ccc(C(F)(F)F)cc2)NC(=O)CN(C)C(=O)[C@H](Cc2ccc(Cl)cc2)N(C)C(=O)CN(C)C(=O)CN(C)C1=O. The van der Waals surface area contributed by atoms with Crippen LogP contribution in [0.2, 0.25) is 5.02 Å². The zero-order chi connectivity index (χ0) is 73.9. The first-order valence-corrected chi connectivity index (χ1v) is 34.0. The van der Waals surface area contributed by atoms with Gasteiger partial charge in [0.1, 0.15) is 48.3 Å². The van der Waals surface area contributed by atoms with Crippen LogP contribution < -0.4 is 21.3 Å². The number of aryl methyl sites for hydroxylation is 1. The van der Waals surface area contributed by atoms with Crippen molar-refractivity contribution in [3.8, 4) is 0 Å². The van der Waals surface area contributed by atoms with Crippen molar-refractivity contribution in [3.05, 3.63) is 106 Å². The molecule has 544 valence electrons. The van der Waals surface area contributed by atoms with Crippen molar-refractivity contribution in [1.29, 1.82) is 0 Å². The fraction of sp³-hybridized carbons (Fsp3) is 0.577. The number of alkyl halides is 3. The molecule has 4 N–H and O–H groups in total. The van der Waals surface area contributed by atoms with Crippen molar-refractivity contribution in [3.63, 3.8) is 0 Å². The first kappa shape index (κ1) is 81.1. The van der Waals surface area contributed by atoms with Gasteiger partial charge in [0.2, 0.25) is 70.9 Å². The van der Waals surface area contributed by atoms with E-state index < -0.39 is 163 Å². The van der Waals surface area contributed by atoms with Gasteiger partial charge in [0.15, 0.2) is 0 Å². The summed E-state index contributed by atoms with van der Waals surface area (Å²) in [7, 11) is 9.40. The molecule has 2 fully saturated rings. The Bertz CT molecular complexity index is 3320. The third kappa shape index (κ3) is 23.2. The molecule has 2 aliphatic rings. The zero-order valence-electron chi connectivity index (χ0n) is 59.5. The highest BCUT2D eigenvalue weighted by molar-refractivity contribution is 6.30. The van der Waals surface area contributed by atoms with Crippen molar-refractivity contribution in [2.45, 2.75) is 167 Å². The molecule has 5 rings (SSSR count). The number of rotatable bonds is 14. The number of halogens is 4. The molecular formula is C71H100ClF3N12O12. The topological polar surface area (TPSA) is 279 Å². The molecule has 0 aliphatic carbocycles. The van der Waals surface area contributed by atoms with Crippen LogP contribution in [-0.4, -0.2) is 240 Å². The van der Waals surface area contributed by atoms with E-state index in [1.165, 1.54) is 83.1 Å². The number of benzene rings is 3. The molecule has 0 aromatic heterocycles. The molecule has 3 aromatic carbocycles. The van der Waals surface area contributed by atoms with Crippen molar-refractivity contribution in [2.24, 2.45) is 17.8 Å². The number of carbonyl (C=O) groups excluding carboxylic acids is 12. The normalized spacial score (nSPS) is 23.6. The molecule has 2 saturated heterocycles. The first-order chi connectivity index (χ1) is 46.4. The summed E-state index contributed by atoms with van der Waals surface area (Å²) in [5, 5.41) is 11.4. The summed E-state index contributed by atoms with van der Waals surface area (Å²) in [5.74, 6) is -10.1. The third-order valence-electron chi connectivity index (χ3n) is 18.5. The summed E-state index contributed by atoms with van der Waals surface area (Å²) in [6.45, 7) is 10.9. The Morgan fingerprint density at radius 2 is 1.07 bits per heavy atom. The van der Waals surface area contributed by atoms with Crippen molar-refractivity contribution >= 4 is 82.5 Å². The van der Waals surface area contributed by atoms with E-state index in [4.69, 9.17) is 11.6 Å². The minimum atomic E-state index is -4.65. The van der Waals surface area contributed by atoms with Crippen LogP contribution in [0.15, 0.2) is 78.9 Å². The quantitative estimate of drug-likeness (QED) is 0.173. The predicted molar refractivity (Wildman–Crippen MR) is 366 cm³/mol. The number of nitrogens with zero attached hydrogens (tertiary/aromatic N) is 8. The summed E-state index contributed by atoms with van der Waals surface area (Å²) in [5.41, 5.74) is 0.589. The molecule has 2 heterocycles. The van der Waals surface area contributed by atoms with Gasteiger partial charge in [-0.25, -0.2) is 0 Å². The molecule has 0 radical (unpaired) electrons.